The number of aromatic nitrogens is 2. The number of rotatable bonds is 4. The Bertz CT molecular complexity index is 880. The Labute approximate surface area is 153 Å². The summed E-state index contributed by atoms with van der Waals surface area (Å²) in [5.74, 6) is -0.185. The van der Waals surface area contributed by atoms with Gasteiger partial charge in [-0.1, -0.05) is 49.6 Å². The molecule has 2 heterocycles. The molecule has 1 saturated heterocycles. The molecule has 2 aromatic rings. The van der Waals surface area contributed by atoms with E-state index < -0.39 is 15.1 Å². The molecule has 138 valence electrons. The predicted molar refractivity (Wildman–Crippen MR) is 99.5 cm³/mol. The maximum absolute atomic E-state index is 12.7. The third-order valence-electron chi connectivity index (χ3n) is 5.49. The molecule has 2 fully saturated rings. The van der Waals surface area contributed by atoms with Crippen molar-refractivity contribution in [3.05, 3.63) is 42.1 Å². The SMILES string of the molecule is O=C(c1cc(-c2ccccc2)n[nH]1)N1CC(S(=O)(=O)C2CCCCC2)C1. The summed E-state index contributed by atoms with van der Waals surface area (Å²) in [6, 6.07) is 11.3. The quantitative estimate of drug-likeness (QED) is 0.893. The van der Waals surface area contributed by atoms with Crippen LogP contribution in [-0.4, -0.2) is 53.0 Å². The number of nitrogens with one attached hydrogen (secondary N) is 1. The molecular formula is C19H23N3O3S. The minimum atomic E-state index is -3.13. The van der Waals surface area contributed by atoms with Gasteiger partial charge in [0.25, 0.3) is 5.91 Å². The first-order chi connectivity index (χ1) is 12.6. The molecule has 1 amide bonds. The molecule has 2 aliphatic rings. The van der Waals surface area contributed by atoms with E-state index in [1.54, 1.807) is 11.0 Å². The van der Waals surface area contributed by atoms with Crippen LogP contribution in [0.2, 0.25) is 0 Å². The van der Waals surface area contributed by atoms with Gasteiger partial charge in [-0.2, -0.15) is 5.10 Å². The molecule has 4 rings (SSSR count). The van der Waals surface area contributed by atoms with Crippen molar-refractivity contribution in [1.29, 1.82) is 0 Å². The molecule has 0 unspecified atom stereocenters. The summed E-state index contributed by atoms with van der Waals surface area (Å²) in [7, 11) is -3.13. The van der Waals surface area contributed by atoms with Gasteiger partial charge in [0.15, 0.2) is 9.84 Å². The number of sulfone groups is 1. The number of likely N-dealkylation sites (tertiary alicyclic amines) is 1. The van der Waals surface area contributed by atoms with Crippen molar-refractivity contribution >= 4 is 15.7 Å². The minimum absolute atomic E-state index is 0.185. The number of hydrogen-bond acceptors (Lipinski definition) is 4. The maximum Gasteiger partial charge on any atom is 0.271 e. The van der Waals surface area contributed by atoms with Gasteiger partial charge in [0, 0.05) is 18.7 Å². The molecule has 7 heteroatoms. The van der Waals surface area contributed by atoms with Crippen LogP contribution in [0.5, 0.6) is 0 Å². The Balaban J connectivity index is 1.40. The van der Waals surface area contributed by atoms with Crippen molar-refractivity contribution in [2.45, 2.75) is 42.6 Å². The zero-order valence-electron chi connectivity index (χ0n) is 14.6. The number of hydrogen-bond donors (Lipinski definition) is 1. The molecule has 0 radical (unpaired) electrons. The van der Waals surface area contributed by atoms with E-state index in [1.165, 1.54) is 0 Å². The summed E-state index contributed by atoms with van der Waals surface area (Å²) in [5, 5.41) is 6.35. The fourth-order valence-electron chi connectivity index (χ4n) is 3.84. The van der Waals surface area contributed by atoms with E-state index in [0.29, 0.717) is 11.4 Å². The van der Waals surface area contributed by atoms with Crippen molar-refractivity contribution in [2.24, 2.45) is 0 Å². The van der Waals surface area contributed by atoms with E-state index in [9.17, 15) is 13.2 Å². The number of aromatic amines is 1. The first kappa shape index (κ1) is 17.3. The van der Waals surface area contributed by atoms with E-state index in [4.69, 9.17) is 0 Å². The Morgan fingerprint density at radius 3 is 2.42 bits per heavy atom. The number of nitrogens with zero attached hydrogens (tertiary/aromatic N) is 2. The Kier molecular flexibility index (Phi) is 4.56. The van der Waals surface area contributed by atoms with Crippen LogP contribution in [0.4, 0.5) is 0 Å². The highest BCUT2D eigenvalue weighted by Gasteiger charge is 2.44. The lowest BCUT2D eigenvalue weighted by Gasteiger charge is -2.40. The average Bonchev–Trinajstić information content (AvgIpc) is 3.12. The fraction of sp³-hybridized carbons (Fsp3) is 0.474. The van der Waals surface area contributed by atoms with Crippen LogP contribution >= 0.6 is 0 Å². The van der Waals surface area contributed by atoms with Crippen LogP contribution in [0, 0.1) is 0 Å². The molecule has 0 spiro atoms. The molecule has 1 aromatic heterocycles. The summed E-state index contributed by atoms with van der Waals surface area (Å²) in [5.41, 5.74) is 2.04. The largest absolute Gasteiger partial charge is 0.335 e. The van der Waals surface area contributed by atoms with Gasteiger partial charge in [-0.3, -0.25) is 9.89 Å². The van der Waals surface area contributed by atoms with Crippen molar-refractivity contribution < 1.29 is 13.2 Å². The van der Waals surface area contributed by atoms with Gasteiger partial charge in [-0.05, 0) is 18.9 Å². The standard InChI is InChI=1S/C19H23N3O3S/c23-19(18-11-17(20-21-18)14-7-3-1-4-8-14)22-12-16(13-22)26(24,25)15-9-5-2-6-10-15/h1,3-4,7-8,11,15-16H,2,5-6,9-10,12-13H2,(H,20,21). The Morgan fingerprint density at radius 1 is 1.04 bits per heavy atom. The molecule has 26 heavy (non-hydrogen) atoms. The molecular weight excluding hydrogens is 350 g/mol. The van der Waals surface area contributed by atoms with Gasteiger partial charge >= 0.3 is 0 Å². The van der Waals surface area contributed by atoms with Gasteiger partial charge in [-0.15, -0.1) is 0 Å². The van der Waals surface area contributed by atoms with E-state index in [1.807, 2.05) is 30.3 Å². The number of H-pyrrole nitrogens is 1. The molecule has 1 aliphatic carbocycles. The van der Waals surface area contributed by atoms with Crippen molar-refractivity contribution in [1.82, 2.24) is 15.1 Å². The van der Waals surface area contributed by atoms with Gasteiger partial charge in [-0.25, -0.2) is 8.42 Å². The van der Waals surface area contributed by atoms with Gasteiger partial charge in [0.05, 0.1) is 16.2 Å². The monoisotopic (exact) mass is 373 g/mol. The van der Waals surface area contributed by atoms with Gasteiger partial charge < -0.3 is 4.90 Å². The summed E-state index contributed by atoms with van der Waals surface area (Å²) in [6.07, 6.45) is 4.66. The first-order valence-corrected chi connectivity index (χ1v) is 10.8. The van der Waals surface area contributed by atoms with Crippen LogP contribution in [0.15, 0.2) is 36.4 Å². The number of carbonyl (C=O) groups is 1. The molecule has 1 aliphatic heterocycles. The lowest BCUT2D eigenvalue weighted by molar-refractivity contribution is 0.0652. The van der Waals surface area contributed by atoms with E-state index >= 15 is 0 Å². The van der Waals surface area contributed by atoms with Crippen molar-refractivity contribution in [3.63, 3.8) is 0 Å². The highest BCUT2D eigenvalue weighted by atomic mass is 32.2. The summed E-state index contributed by atoms with van der Waals surface area (Å²) >= 11 is 0. The highest BCUT2D eigenvalue weighted by Crippen LogP contribution is 2.30. The minimum Gasteiger partial charge on any atom is -0.335 e. The third-order valence-corrected chi connectivity index (χ3v) is 8.12. The van der Waals surface area contributed by atoms with Crippen LogP contribution in [0.25, 0.3) is 11.3 Å². The molecule has 0 bridgehead atoms. The zero-order valence-corrected chi connectivity index (χ0v) is 15.4. The molecule has 0 atom stereocenters. The maximum atomic E-state index is 12.7. The number of carbonyl (C=O) groups excluding carboxylic acids is 1. The van der Waals surface area contributed by atoms with Crippen LogP contribution in [0.1, 0.15) is 42.6 Å². The fourth-order valence-corrected chi connectivity index (χ4v) is 6.15. The molecule has 1 saturated carbocycles. The van der Waals surface area contributed by atoms with E-state index in [2.05, 4.69) is 10.2 Å². The third kappa shape index (κ3) is 3.16. The van der Waals surface area contributed by atoms with Crippen molar-refractivity contribution in [3.8, 4) is 11.3 Å². The van der Waals surface area contributed by atoms with Crippen LogP contribution in [0.3, 0.4) is 0 Å². The first-order valence-electron chi connectivity index (χ1n) is 9.18. The summed E-state index contributed by atoms with van der Waals surface area (Å²) in [4.78, 5) is 14.2. The van der Waals surface area contributed by atoms with Gasteiger partial charge in [0.2, 0.25) is 0 Å². The van der Waals surface area contributed by atoms with E-state index in [-0.39, 0.29) is 24.2 Å². The van der Waals surface area contributed by atoms with Crippen LogP contribution < -0.4 is 0 Å². The topological polar surface area (TPSA) is 83.1 Å². The van der Waals surface area contributed by atoms with Crippen LogP contribution in [-0.2, 0) is 9.84 Å². The summed E-state index contributed by atoms with van der Waals surface area (Å²) in [6.45, 7) is 0.578. The molecule has 1 aromatic carbocycles. The van der Waals surface area contributed by atoms with E-state index in [0.717, 1.165) is 37.7 Å². The van der Waals surface area contributed by atoms with Crippen molar-refractivity contribution in [2.75, 3.05) is 13.1 Å². The second-order valence-corrected chi connectivity index (χ2v) is 9.73. The Morgan fingerprint density at radius 2 is 1.73 bits per heavy atom. The second kappa shape index (κ2) is 6.87. The average molecular weight is 373 g/mol. The zero-order chi connectivity index (χ0) is 18.1. The number of amides is 1. The molecule has 1 N–H and O–H groups in total. The normalized spacial score (nSPS) is 19.3. The second-order valence-electron chi connectivity index (χ2n) is 7.21. The smallest absolute Gasteiger partial charge is 0.271 e. The molecule has 6 nitrogen and oxygen atoms in total. The lowest BCUT2D eigenvalue weighted by Crippen LogP contribution is -2.58. The number of benzene rings is 1. The van der Waals surface area contributed by atoms with Gasteiger partial charge in [0.1, 0.15) is 5.69 Å². The lowest BCUT2D eigenvalue weighted by atomic mass is 10.0. The highest BCUT2D eigenvalue weighted by molar-refractivity contribution is 7.92. The Hall–Kier alpha value is -2.15. The predicted octanol–water partition coefficient (Wildman–Crippen LogP) is 2.65. The summed E-state index contributed by atoms with van der Waals surface area (Å²) < 4.78 is 25.4.